The molecule has 0 bridgehead atoms. The number of para-hydroxylation sites is 1. The predicted octanol–water partition coefficient (Wildman–Crippen LogP) is 5.35. The molecule has 0 aliphatic heterocycles. The van der Waals surface area contributed by atoms with Gasteiger partial charge in [0.05, 0.1) is 17.7 Å². The molecule has 3 heterocycles. The Hall–Kier alpha value is -3.76. The summed E-state index contributed by atoms with van der Waals surface area (Å²) in [5.41, 5.74) is 1.70. The Kier molecular flexibility index (Phi) is 6.50. The highest BCUT2D eigenvalue weighted by Crippen LogP contribution is 2.31. The number of thiazole rings is 1. The topological polar surface area (TPSA) is 85.8 Å². The van der Waals surface area contributed by atoms with Crippen molar-refractivity contribution in [3.8, 4) is 17.3 Å². The summed E-state index contributed by atoms with van der Waals surface area (Å²) < 4.78 is 21.7. The van der Waals surface area contributed by atoms with Gasteiger partial charge in [0.15, 0.2) is 10.9 Å². The van der Waals surface area contributed by atoms with E-state index in [1.165, 1.54) is 35.4 Å². The molecule has 0 unspecified atom stereocenters. The Labute approximate surface area is 202 Å². The number of carbonyl (C=O) groups is 1. The third-order valence-electron chi connectivity index (χ3n) is 4.87. The number of halogens is 1. The first-order valence-electron chi connectivity index (χ1n) is 10.3. The number of furan rings is 1. The Morgan fingerprint density at radius 2 is 1.88 bits per heavy atom. The Morgan fingerprint density at radius 1 is 1.06 bits per heavy atom. The first-order valence-corrected chi connectivity index (χ1v) is 12.2. The van der Waals surface area contributed by atoms with E-state index in [0.29, 0.717) is 40.4 Å². The van der Waals surface area contributed by atoms with Crippen LogP contribution >= 0.6 is 23.1 Å². The molecule has 7 nitrogen and oxygen atoms in total. The lowest BCUT2D eigenvalue weighted by atomic mass is 10.2. The lowest BCUT2D eigenvalue weighted by molar-refractivity contribution is 0.0946. The summed E-state index contributed by atoms with van der Waals surface area (Å²) >= 11 is 2.74. The summed E-state index contributed by atoms with van der Waals surface area (Å²) in [6.07, 6.45) is 1.53. The minimum atomic E-state index is -0.399. The average molecular weight is 492 g/mol. The largest absolute Gasteiger partial charge is 0.461 e. The molecule has 34 heavy (non-hydrogen) atoms. The summed E-state index contributed by atoms with van der Waals surface area (Å²) in [4.78, 5) is 16.9. The quantitative estimate of drug-likeness (QED) is 0.295. The highest BCUT2D eigenvalue weighted by atomic mass is 32.2. The van der Waals surface area contributed by atoms with Crippen molar-refractivity contribution in [2.75, 3.05) is 0 Å². The molecular formula is C24H18FN5O2S2. The fraction of sp³-hybridized carbons (Fsp3) is 0.0833. The normalized spacial score (nSPS) is 11.0. The molecule has 0 atom stereocenters. The van der Waals surface area contributed by atoms with Crippen LogP contribution in [0.2, 0.25) is 0 Å². The zero-order valence-corrected chi connectivity index (χ0v) is 19.4. The number of rotatable bonds is 8. The molecule has 0 saturated carbocycles. The van der Waals surface area contributed by atoms with Crippen molar-refractivity contribution in [1.82, 2.24) is 25.1 Å². The zero-order valence-electron chi connectivity index (χ0n) is 17.7. The lowest BCUT2D eigenvalue weighted by Gasteiger charge is -2.09. The molecule has 5 aromatic rings. The summed E-state index contributed by atoms with van der Waals surface area (Å²) in [5, 5.41) is 14.3. The van der Waals surface area contributed by atoms with Crippen molar-refractivity contribution in [2.24, 2.45) is 0 Å². The van der Waals surface area contributed by atoms with E-state index in [0.717, 1.165) is 10.6 Å². The van der Waals surface area contributed by atoms with Crippen LogP contribution in [0.1, 0.15) is 21.1 Å². The van der Waals surface area contributed by atoms with Crippen LogP contribution in [-0.2, 0) is 12.3 Å². The van der Waals surface area contributed by atoms with Gasteiger partial charge in [0, 0.05) is 11.9 Å². The van der Waals surface area contributed by atoms with Gasteiger partial charge in [-0.25, -0.2) is 9.37 Å². The van der Waals surface area contributed by atoms with Crippen LogP contribution in [0.15, 0.2) is 87.9 Å². The Bertz CT molecular complexity index is 1400. The number of aromatic nitrogens is 4. The second kappa shape index (κ2) is 10.0. The standard InChI is InChI=1S/C24H18FN5O2S2/c25-17-9-4-5-10-19(17)30-22(20-11-6-12-32-20)28-29-24(30)34-15-21-27-18(14-33-21)23(31)26-13-16-7-2-1-3-8-16/h1-12,14H,13,15H2,(H,26,31). The van der Waals surface area contributed by atoms with Gasteiger partial charge in [0.1, 0.15) is 16.5 Å². The SMILES string of the molecule is O=C(NCc1ccccc1)c1csc(CSc2nnc(-c3ccco3)n2-c2ccccc2F)n1. The molecule has 5 rings (SSSR count). The molecule has 170 valence electrons. The van der Waals surface area contributed by atoms with Gasteiger partial charge in [-0.1, -0.05) is 54.2 Å². The number of nitrogens with zero attached hydrogens (tertiary/aromatic N) is 4. The van der Waals surface area contributed by atoms with E-state index in [4.69, 9.17) is 4.42 Å². The van der Waals surface area contributed by atoms with Gasteiger partial charge in [0.25, 0.3) is 5.91 Å². The first-order chi connectivity index (χ1) is 16.7. The molecule has 1 N–H and O–H groups in total. The van der Waals surface area contributed by atoms with Crippen LogP contribution in [0.25, 0.3) is 17.3 Å². The highest BCUT2D eigenvalue weighted by molar-refractivity contribution is 7.98. The van der Waals surface area contributed by atoms with Gasteiger partial charge in [0.2, 0.25) is 5.82 Å². The zero-order chi connectivity index (χ0) is 23.3. The fourth-order valence-corrected chi connectivity index (χ4v) is 4.99. The van der Waals surface area contributed by atoms with Crippen molar-refractivity contribution in [3.05, 3.63) is 100 Å². The van der Waals surface area contributed by atoms with Crippen molar-refractivity contribution in [2.45, 2.75) is 17.5 Å². The minimum Gasteiger partial charge on any atom is -0.461 e. The van der Waals surface area contributed by atoms with Gasteiger partial charge in [-0.05, 0) is 29.8 Å². The minimum absolute atomic E-state index is 0.231. The summed E-state index contributed by atoms with van der Waals surface area (Å²) in [6.45, 7) is 0.433. The highest BCUT2D eigenvalue weighted by Gasteiger charge is 2.21. The van der Waals surface area contributed by atoms with E-state index in [9.17, 15) is 9.18 Å². The number of benzene rings is 2. The van der Waals surface area contributed by atoms with Crippen LogP contribution in [0, 0.1) is 5.82 Å². The molecule has 0 fully saturated rings. The van der Waals surface area contributed by atoms with Crippen molar-refractivity contribution >= 4 is 29.0 Å². The fourth-order valence-electron chi connectivity index (χ4n) is 3.26. The maximum Gasteiger partial charge on any atom is 0.271 e. The Balaban J connectivity index is 1.32. The molecule has 0 radical (unpaired) electrons. The molecule has 0 aliphatic carbocycles. The lowest BCUT2D eigenvalue weighted by Crippen LogP contribution is -2.23. The maximum absolute atomic E-state index is 14.6. The van der Waals surface area contributed by atoms with Crippen LogP contribution in [0.4, 0.5) is 4.39 Å². The number of amides is 1. The monoisotopic (exact) mass is 491 g/mol. The van der Waals surface area contributed by atoms with Crippen molar-refractivity contribution in [1.29, 1.82) is 0 Å². The second-order valence-corrected chi connectivity index (χ2v) is 9.04. The number of hydrogen-bond donors (Lipinski definition) is 1. The van der Waals surface area contributed by atoms with Gasteiger partial charge in [-0.2, -0.15) is 0 Å². The van der Waals surface area contributed by atoms with Crippen molar-refractivity contribution in [3.63, 3.8) is 0 Å². The summed E-state index contributed by atoms with van der Waals surface area (Å²) in [7, 11) is 0. The van der Waals surface area contributed by atoms with E-state index in [1.54, 1.807) is 40.3 Å². The average Bonchev–Trinajstić information content (AvgIpc) is 3.63. The van der Waals surface area contributed by atoms with Crippen molar-refractivity contribution < 1.29 is 13.6 Å². The van der Waals surface area contributed by atoms with E-state index < -0.39 is 5.82 Å². The smallest absolute Gasteiger partial charge is 0.271 e. The number of thioether (sulfide) groups is 1. The van der Waals surface area contributed by atoms with Crippen LogP contribution < -0.4 is 5.32 Å². The van der Waals surface area contributed by atoms with Gasteiger partial charge in [-0.15, -0.1) is 21.5 Å². The van der Waals surface area contributed by atoms with E-state index in [1.807, 2.05) is 30.3 Å². The third kappa shape index (κ3) is 4.78. The van der Waals surface area contributed by atoms with Gasteiger partial charge >= 0.3 is 0 Å². The molecular weight excluding hydrogens is 473 g/mol. The molecule has 0 spiro atoms. The third-order valence-corrected chi connectivity index (χ3v) is 6.85. The number of hydrogen-bond acceptors (Lipinski definition) is 7. The number of carbonyl (C=O) groups excluding carboxylic acids is 1. The van der Waals surface area contributed by atoms with E-state index in [-0.39, 0.29) is 5.91 Å². The van der Waals surface area contributed by atoms with E-state index >= 15 is 0 Å². The van der Waals surface area contributed by atoms with Gasteiger partial charge in [-0.3, -0.25) is 9.36 Å². The molecule has 2 aromatic carbocycles. The molecule has 0 saturated heterocycles. The molecule has 0 aliphatic rings. The van der Waals surface area contributed by atoms with E-state index in [2.05, 4.69) is 20.5 Å². The van der Waals surface area contributed by atoms with Crippen LogP contribution in [0.5, 0.6) is 0 Å². The van der Waals surface area contributed by atoms with Crippen LogP contribution in [0.3, 0.4) is 0 Å². The first kappa shape index (κ1) is 22.1. The predicted molar refractivity (Wildman–Crippen MR) is 128 cm³/mol. The molecule has 10 heteroatoms. The molecule has 3 aromatic heterocycles. The van der Waals surface area contributed by atoms with Crippen LogP contribution in [-0.4, -0.2) is 25.7 Å². The maximum atomic E-state index is 14.6. The number of nitrogens with one attached hydrogen (secondary N) is 1. The molecule has 1 amide bonds. The Morgan fingerprint density at radius 3 is 2.68 bits per heavy atom. The summed E-state index contributed by atoms with van der Waals surface area (Å²) in [6, 6.07) is 19.6. The second-order valence-electron chi connectivity index (χ2n) is 7.15. The van der Waals surface area contributed by atoms with Gasteiger partial charge < -0.3 is 9.73 Å². The summed E-state index contributed by atoms with van der Waals surface area (Å²) in [5.74, 6) is 0.697.